The van der Waals surface area contributed by atoms with Crippen LogP contribution in [0.25, 0.3) is 22.5 Å². The number of allylic oxidation sites excluding steroid dienone is 6. The SMILES string of the molecule is CCC=CC=C(C(=O)CC)C(C)C=C(C)c1cc(OCCOC)cc(-c2cn3ncccc3n2)c1. The fourth-order valence-corrected chi connectivity index (χ4v) is 3.84. The molecule has 0 fully saturated rings. The molecule has 0 radical (unpaired) electrons. The van der Waals surface area contributed by atoms with Gasteiger partial charge in [-0.1, -0.05) is 45.1 Å². The number of imidazole rings is 1. The molecule has 0 N–H and O–H groups in total. The number of hydrogen-bond donors (Lipinski definition) is 0. The van der Waals surface area contributed by atoms with Gasteiger partial charge in [0.2, 0.25) is 0 Å². The number of Topliss-reactive ketones (excluding diaryl/α,β-unsaturated/α-hetero) is 1. The molecule has 0 saturated heterocycles. The normalized spacial score (nSPS) is 13.5. The smallest absolute Gasteiger partial charge is 0.159 e. The lowest BCUT2D eigenvalue weighted by Gasteiger charge is -2.14. The second kappa shape index (κ2) is 12.8. The van der Waals surface area contributed by atoms with Gasteiger partial charge in [-0.2, -0.15) is 5.10 Å². The molecular formula is C29H35N3O3. The molecule has 6 nitrogen and oxygen atoms in total. The summed E-state index contributed by atoms with van der Waals surface area (Å²) in [6, 6.07) is 9.90. The van der Waals surface area contributed by atoms with E-state index >= 15 is 0 Å². The van der Waals surface area contributed by atoms with Gasteiger partial charge in [0, 0.05) is 36.8 Å². The highest BCUT2D eigenvalue weighted by Crippen LogP contribution is 2.30. The number of ether oxygens (including phenoxy) is 2. The van der Waals surface area contributed by atoms with Gasteiger partial charge in [-0.15, -0.1) is 0 Å². The Morgan fingerprint density at radius 3 is 2.74 bits per heavy atom. The molecule has 184 valence electrons. The van der Waals surface area contributed by atoms with E-state index in [1.54, 1.807) is 17.8 Å². The number of fused-ring (bicyclic) bond motifs is 1. The fourth-order valence-electron chi connectivity index (χ4n) is 3.84. The molecule has 1 unspecified atom stereocenters. The van der Waals surface area contributed by atoms with Gasteiger partial charge >= 0.3 is 0 Å². The van der Waals surface area contributed by atoms with E-state index in [-0.39, 0.29) is 11.7 Å². The van der Waals surface area contributed by atoms with Crippen LogP contribution in [-0.4, -0.2) is 40.7 Å². The molecule has 6 heteroatoms. The van der Waals surface area contributed by atoms with E-state index in [2.05, 4.69) is 44.1 Å². The highest BCUT2D eigenvalue weighted by Gasteiger charge is 2.15. The van der Waals surface area contributed by atoms with Crippen molar-refractivity contribution in [2.45, 2.75) is 40.5 Å². The maximum Gasteiger partial charge on any atom is 0.159 e. The summed E-state index contributed by atoms with van der Waals surface area (Å²) in [7, 11) is 1.65. The van der Waals surface area contributed by atoms with Crippen LogP contribution in [0.15, 0.2) is 72.6 Å². The maximum absolute atomic E-state index is 12.6. The van der Waals surface area contributed by atoms with Gasteiger partial charge in [-0.25, -0.2) is 9.50 Å². The minimum absolute atomic E-state index is 0.0233. The van der Waals surface area contributed by atoms with Crippen molar-refractivity contribution in [1.82, 2.24) is 14.6 Å². The largest absolute Gasteiger partial charge is 0.491 e. The van der Waals surface area contributed by atoms with E-state index in [9.17, 15) is 4.79 Å². The van der Waals surface area contributed by atoms with Crippen LogP contribution in [0.4, 0.5) is 0 Å². The van der Waals surface area contributed by atoms with Crippen molar-refractivity contribution in [3.05, 3.63) is 78.2 Å². The zero-order valence-electron chi connectivity index (χ0n) is 21.3. The minimum atomic E-state index is -0.0233. The lowest BCUT2D eigenvalue weighted by molar-refractivity contribution is -0.115. The van der Waals surface area contributed by atoms with Gasteiger partial charge in [0.1, 0.15) is 12.4 Å². The van der Waals surface area contributed by atoms with Crippen LogP contribution in [-0.2, 0) is 9.53 Å². The molecule has 2 aromatic heterocycles. The summed E-state index contributed by atoms with van der Waals surface area (Å²) in [5.41, 5.74) is 5.42. The predicted octanol–water partition coefficient (Wildman–Crippen LogP) is 6.33. The highest BCUT2D eigenvalue weighted by atomic mass is 16.5. The lowest BCUT2D eigenvalue weighted by Crippen LogP contribution is -2.08. The highest BCUT2D eigenvalue weighted by molar-refractivity contribution is 5.96. The molecular weight excluding hydrogens is 438 g/mol. The van der Waals surface area contributed by atoms with Crippen molar-refractivity contribution >= 4 is 17.0 Å². The number of nitrogens with zero attached hydrogens (tertiary/aromatic N) is 3. The Hall–Kier alpha value is -3.51. The number of hydrogen-bond acceptors (Lipinski definition) is 5. The van der Waals surface area contributed by atoms with Gasteiger partial charge in [0.15, 0.2) is 11.4 Å². The third-order valence-electron chi connectivity index (χ3n) is 5.73. The Morgan fingerprint density at radius 1 is 1.20 bits per heavy atom. The summed E-state index contributed by atoms with van der Waals surface area (Å²) in [6.07, 6.45) is 13.2. The molecule has 1 atom stereocenters. The minimum Gasteiger partial charge on any atom is -0.491 e. The van der Waals surface area contributed by atoms with Crippen LogP contribution in [0.2, 0.25) is 0 Å². The summed E-state index contributed by atoms with van der Waals surface area (Å²) in [6.45, 7) is 9.07. The molecule has 0 amide bonds. The number of rotatable bonds is 12. The van der Waals surface area contributed by atoms with Gasteiger partial charge in [0.05, 0.1) is 18.5 Å². The van der Waals surface area contributed by atoms with Crippen molar-refractivity contribution in [3.8, 4) is 17.0 Å². The molecule has 0 aliphatic rings. The number of carbonyl (C=O) groups excluding carboxylic acids is 1. The molecule has 3 aromatic rings. The molecule has 0 saturated carbocycles. The van der Waals surface area contributed by atoms with Gasteiger partial charge in [-0.3, -0.25) is 4.79 Å². The Labute approximate surface area is 208 Å². The average molecular weight is 474 g/mol. The number of aromatic nitrogens is 3. The van der Waals surface area contributed by atoms with E-state index in [0.717, 1.165) is 45.8 Å². The number of benzene rings is 1. The second-order valence-electron chi connectivity index (χ2n) is 8.41. The van der Waals surface area contributed by atoms with E-state index in [4.69, 9.17) is 14.5 Å². The summed E-state index contributed by atoms with van der Waals surface area (Å²) in [5.74, 6) is 0.882. The lowest BCUT2D eigenvalue weighted by atomic mass is 9.91. The van der Waals surface area contributed by atoms with E-state index in [1.807, 2.05) is 49.5 Å². The second-order valence-corrected chi connectivity index (χ2v) is 8.41. The summed E-state index contributed by atoms with van der Waals surface area (Å²) < 4.78 is 12.9. The molecule has 2 heterocycles. The van der Waals surface area contributed by atoms with E-state index < -0.39 is 0 Å². The monoisotopic (exact) mass is 473 g/mol. The van der Waals surface area contributed by atoms with Gasteiger partial charge in [0.25, 0.3) is 0 Å². The number of carbonyl (C=O) groups is 1. The number of ketones is 1. The van der Waals surface area contributed by atoms with Gasteiger partial charge < -0.3 is 9.47 Å². The summed E-state index contributed by atoms with van der Waals surface area (Å²) in [5, 5.41) is 4.33. The molecule has 0 aliphatic carbocycles. The fraction of sp³-hybridized carbons (Fsp3) is 0.345. The van der Waals surface area contributed by atoms with Crippen molar-refractivity contribution < 1.29 is 14.3 Å². The van der Waals surface area contributed by atoms with Crippen LogP contribution < -0.4 is 4.74 Å². The molecule has 3 rings (SSSR count). The van der Waals surface area contributed by atoms with Crippen LogP contribution in [0.5, 0.6) is 5.75 Å². The standard InChI is InChI=1S/C29H35N3O3/c1-6-8-9-11-26(28(33)7-2)22(4)16-21(3)23-17-24(19-25(18-23)35-15-14-34-5)27-20-32-29(31-27)12-10-13-30-32/h8-13,16-20,22H,6-7,14-15H2,1-5H3. The van der Waals surface area contributed by atoms with E-state index in [1.165, 1.54) is 0 Å². The summed E-state index contributed by atoms with van der Waals surface area (Å²) >= 11 is 0. The molecule has 35 heavy (non-hydrogen) atoms. The number of methoxy groups -OCH3 is 1. The Kier molecular flexibility index (Phi) is 9.56. The molecule has 1 aromatic carbocycles. The first-order chi connectivity index (χ1) is 17.0. The Morgan fingerprint density at radius 2 is 2.03 bits per heavy atom. The molecule has 0 bridgehead atoms. The van der Waals surface area contributed by atoms with Crippen LogP contribution >= 0.6 is 0 Å². The zero-order valence-corrected chi connectivity index (χ0v) is 21.3. The van der Waals surface area contributed by atoms with E-state index in [0.29, 0.717) is 19.6 Å². The molecule has 0 aliphatic heterocycles. The Bertz CT molecular complexity index is 1200. The van der Waals surface area contributed by atoms with Crippen molar-refractivity contribution in [3.63, 3.8) is 0 Å². The van der Waals surface area contributed by atoms with Crippen LogP contribution in [0.1, 0.15) is 46.1 Å². The Balaban J connectivity index is 2.00. The topological polar surface area (TPSA) is 65.7 Å². The molecule has 0 spiro atoms. The van der Waals surface area contributed by atoms with Crippen molar-refractivity contribution in [1.29, 1.82) is 0 Å². The maximum atomic E-state index is 12.6. The van der Waals surface area contributed by atoms with Crippen molar-refractivity contribution in [2.75, 3.05) is 20.3 Å². The summed E-state index contributed by atoms with van der Waals surface area (Å²) in [4.78, 5) is 17.3. The van der Waals surface area contributed by atoms with Crippen LogP contribution in [0.3, 0.4) is 0 Å². The first-order valence-corrected chi connectivity index (χ1v) is 12.1. The van der Waals surface area contributed by atoms with Gasteiger partial charge in [-0.05, 0) is 54.8 Å². The first-order valence-electron chi connectivity index (χ1n) is 12.1. The average Bonchev–Trinajstić information content (AvgIpc) is 3.30. The zero-order chi connectivity index (χ0) is 25.2. The van der Waals surface area contributed by atoms with Crippen molar-refractivity contribution in [2.24, 2.45) is 5.92 Å². The van der Waals surface area contributed by atoms with Crippen LogP contribution in [0, 0.1) is 5.92 Å². The third-order valence-corrected chi connectivity index (χ3v) is 5.73. The quantitative estimate of drug-likeness (QED) is 0.175. The predicted molar refractivity (Wildman–Crippen MR) is 141 cm³/mol. The first kappa shape index (κ1) is 26.1. The third kappa shape index (κ3) is 6.99.